The number of carbonyl (C=O) groups excluding carboxylic acids is 1. The van der Waals surface area contributed by atoms with Crippen LogP contribution in [0.15, 0.2) is 24.3 Å². The van der Waals surface area contributed by atoms with Gasteiger partial charge in [-0.05, 0) is 37.8 Å². The second kappa shape index (κ2) is 4.38. The van der Waals surface area contributed by atoms with Crippen molar-refractivity contribution in [2.45, 2.75) is 45.1 Å². The summed E-state index contributed by atoms with van der Waals surface area (Å²) in [4.78, 5) is 14.7. The number of nitrogens with zero attached hydrogens (tertiary/aromatic N) is 2. The van der Waals surface area contributed by atoms with E-state index in [4.69, 9.17) is 0 Å². The van der Waals surface area contributed by atoms with Crippen LogP contribution in [0.4, 0.5) is 5.69 Å². The molecule has 0 N–H and O–H groups in total. The number of hydrogen-bond donors (Lipinski definition) is 0. The van der Waals surface area contributed by atoms with Gasteiger partial charge in [0.1, 0.15) is 5.41 Å². The summed E-state index contributed by atoms with van der Waals surface area (Å²) in [5.74, 6) is 0.0185. The monoisotopic (exact) mass is 254 g/mol. The minimum Gasteiger partial charge on any atom is -0.308 e. The molecule has 0 saturated heterocycles. The van der Waals surface area contributed by atoms with Crippen molar-refractivity contribution in [1.29, 1.82) is 5.26 Å². The first-order valence-electron chi connectivity index (χ1n) is 7.01. The summed E-state index contributed by atoms with van der Waals surface area (Å²) in [6.07, 6.45) is 4.30. The lowest BCUT2D eigenvalue weighted by molar-refractivity contribution is -0.125. The first kappa shape index (κ1) is 12.2. The smallest absolute Gasteiger partial charge is 0.247 e. The molecule has 1 amide bonds. The van der Waals surface area contributed by atoms with E-state index in [-0.39, 0.29) is 11.9 Å². The number of anilines is 1. The molecular formula is C16H18N2O. The Morgan fingerprint density at radius 1 is 1.37 bits per heavy atom. The summed E-state index contributed by atoms with van der Waals surface area (Å²) in [6, 6.07) is 10.5. The normalized spacial score (nSPS) is 24.0. The van der Waals surface area contributed by atoms with Gasteiger partial charge in [0, 0.05) is 11.7 Å². The Balaban J connectivity index is 1.99. The van der Waals surface area contributed by atoms with E-state index in [1.807, 2.05) is 23.1 Å². The number of nitriles is 1. The Bertz CT molecular complexity index is 552. The fourth-order valence-corrected chi connectivity index (χ4v) is 3.46. The molecule has 3 heteroatoms. The number of amides is 1. The van der Waals surface area contributed by atoms with Crippen molar-refractivity contribution in [1.82, 2.24) is 0 Å². The van der Waals surface area contributed by atoms with E-state index in [1.54, 1.807) is 0 Å². The average Bonchev–Trinajstić information content (AvgIpc) is 3.02. The highest BCUT2D eigenvalue weighted by atomic mass is 16.2. The van der Waals surface area contributed by atoms with Gasteiger partial charge in [0.2, 0.25) is 5.91 Å². The van der Waals surface area contributed by atoms with Gasteiger partial charge in [-0.1, -0.05) is 31.0 Å². The number of carbonyl (C=O) groups is 1. The third-order valence-electron chi connectivity index (χ3n) is 4.51. The zero-order valence-electron chi connectivity index (χ0n) is 11.2. The molecule has 3 nitrogen and oxygen atoms in total. The van der Waals surface area contributed by atoms with Gasteiger partial charge in [-0.25, -0.2) is 0 Å². The minimum atomic E-state index is -0.772. The van der Waals surface area contributed by atoms with Crippen LogP contribution in [0.25, 0.3) is 0 Å². The Kier molecular flexibility index (Phi) is 2.82. The first-order chi connectivity index (χ1) is 9.18. The minimum absolute atomic E-state index is 0.0185. The average molecular weight is 254 g/mol. The number of para-hydroxylation sites is 1. The van der Waals surface area contributed by atoms with Gasteiger partial charge in [0.25, 0.3) is 0 Å². The molecule has 1 heterocycles. The molecule has 1 aromatic carbocycles. The maximum atomic E-state index is 12.9. The lowest BCUT2D eigenvalue weighted by atomic mass is 9.86. The summed E-state index contributed by atoms with van der Waals surface area (Å²) in [7, 11) is 0. The Morgan fingerprint density at radius 3 is 2.74 bits per heavy atom. The standard InChI is InChI=1S/C16H18N2O/c1-12-10-13-6-2-3-7-14(13)18(12)15(19)16(11-17)8-4-5-9-16/h2-3,6-7,12H,4-5,8-10H2,1H3. The maximum Gasteiger partial charge on any atom is 0.247 e. The molecule has 1 atom stereocenters. The first-order valence-corrected chi connectivity index (χ1v) is 7.01. The van der Waals surface area contributed by atoms with Crippen molar-refractivity contribution in [3.8, 4) is 6.07 Å². The molecule has 1 unspecified atom stereocenters. The van der Waals surface area contributed by atoms with Gasteiger partial charge in [0.05, 0.1) is 6.07 Å². The fourth-order valence-electron chi connectivity index (χ4n) is 3.46. The highest BCUT2D eigenvalue weighted by molar-refractivity contribution is 6.01. The van der Waals surface area contributed by atoms with Crippen LogP contribution >= 0.6 is 0 Å². The number of benzene rings is 1. The van der Waals surface area contributed by atoms with Crippen molar-refractivity contribution in [3.05, 3.63) is 29.8 Å². The molecule has 1 aromatic rings. The molecule has 1 aliphatic heterocycles. The number of rotatable bonds is 1. The molecule has 3 rings (SSSR count). The summed E-state index contributed by atoms with van der Waals surface area (Å²) < 4.78 is 0. The maximum absolute atomic E-state index is 12.9. The van der Waals surface area contributed by atoms with E-state index in [1.165, 1.54) is 5.56 Å². The van der Waals surface area contributed by atoms with Crippen molar-refractivity contribution in [3.63, 3.8) is 0 Å². The molecule has 0 spiro atoms. The van der Waals surface area contributed by atoms with Crippen molar-refractivity contribution < 1.29 is 4.79 Å². The number of fused-ring (bicyclic) bond motifs is 1. The van der Waals surface area contributed by atoms with E-state index >= 15 is 0 Å². The molecule has 1 aliphatic carbocycles. The molecule has 1 fully saturated rings. The molecule has 19 heavy (non-hydrogen) atoms. The lowest BCUT2D eigenvalue weighted by Crippen LogP contribution is -2.45. The summed E-state index contributed by atoms with van der Waals surface area (Å²) >= 11 is 0. The molecular weight excluding hydrogens is 236 g/mol. The van der Waals surface area contributed by atoms with E-state index in [0.717, 1.165) is 24.9 Å². The Morgan fingerprint density at radius 2 is 2.05 bits per heavy atom. The van der Waals surface area contributed by atoms with Gasteiger partial charge >= 0.3 is 0 Å². The third kappa shape index (κ3) is 1.74. The largest absolute Gasteiger partial charge is 0.308 e. The van der Waals surface area contributed by atoms with Crippen molar-refractivity contribution in [2.75, 3.05) is 4.90 Å². The predicted molar refractivity (Wildman–Crippen MR) is 73.6 cm³/mol. The highest BCUT2D eigenvalue weighted by Gasteiger charge is 2.47. The SMILES string of the molecule is CC1Cc2ccccc2N1C(=O)C1(C#N)CCCC1. The zero-order chi connectivity index (χ0) is 13.5. The van der Waals surface area contributed by atoms with Crippen molar-refractivity contribution in [2.24, 2.45) is 5.41 Å². The summed E-state index contributed by atoms with van der Waals surface area (Å²) in [5, 5.41) is 9.48. The van der Waals surface area contributed by atoms with Crippen LogP contribution in [0.5, 0.6) is 0 Å². The topological polar surface area (TPSA) is 44.1 Å². The van der Waals surface area contributed by atoms with E-state index < -0.39 is 5.41 Å². The molecule has 2 aliphatic rings. The van der Waals surface area contributed by atoms with Crippen molar-refractivity contribution >= 4 is 11.6 Å². The van der Waals surface area contributed by atoms with Gasteiger partial charge < -0.3 is 4.90 Å². The predicted octanol–water partition coefficient (Wildman–Crippen LogP) is 3.05. The van der Waals surface area contributed by atoms with E-state index in [9.17, 15) is 10.1 Å². The van der Waals surface area contributed by atoms with E-state index in [2.05, 4.69) is 19.1 Å². The van der Waals surface area contributed by atoms with Crippen LogP contribution in [0.2, 0.25) is 0 Å². The molecule has 1 saturated carbocycles. The second-order valence-electron chi connectivity index (χ2n) is 5.76. The fraction of sp³-hybridized carbons (Fsp3) is 0.500. The number of hydrogen-bond acceptors (Lipinski definition) is 2. The van der Waals surface area contributed by atoms with Crippen LogP contribution in [0.1, 0.15) is 38.2 Å². The molecule has 0 bridgehead atoms. The lowest BCUT2D eigenvalue weighted by Gasteiger charge is -2.30. The van der Waals surface area contributed by atoms with Crippen LogP contribution < -0.4 is 4.90 Å². The summed E-state index contributed by atoms with van der Waals surface area (Å²) in [5.41, 5.74) is 1.45. The Labute approximate surface area is 113 Å². The van der Waals surface area contributed by atoms with Gasteiger partial charge in [-0.15, -0.1) is 0 Å². The van der Waals surface area contributed by atoms with Crippen LogP contribution in [0.3, 0.4) is 0 Å². The second-order valence-corrected chi connectivity index (χ2v) is 5.76. The van der Waals surface area contributed by atoms with Crippen LogP contribution in [-0.4, -0.2) is 11.9 Å². The highest BCUT2D eigenvalue weighted by Crippen LogP contribution is 2.43. The van der Waals surface area contributed by atoms with Gasteiger partial charge in [-0.3, -0.25) is 4.79 Å². The van der Waals surface area contributed by atoms with Gasteiger partial charge in [0.15, 0.2) is 0 Å². The molecule has 0 aromatic heterocycles. The van der Waals surface area contributed by atoms with E-state index in [0.29, 0.717) is 12.8 Å². The molecule has 0 radical (unpaired) electrons. The molecule has 98 valence electrons. The van der Waals surface area contributed by atoms with Gasteiger partial charge in [-0.2, -0.15) is 5.26 Å². The Hall–Kier alpha value is -1.82. The third-order valence-corrected chi connectivity index (χ3v) is 4.51. The van der Waals surface area contributed by atoms with Crippen LogP contribution in [-0.2, 0) is 11.2 Å². The quantitative estimate of drug-likeness (QED) is 0.773. The summed E-state index contributed by atoms with van der Waals surface area (Å²) in [6.45, 7) is 2.07. The zero-order valence-corrected chi connectivity index (χ0v) is 11.2. The van der Waals surface area contributed by atoms with Crippen LogP contribution in [0, 0.1) is 16.7 Å².